The van der Waals surface area contributed by atoms with Crippen molar-refractivity contribution in [2.24, 2.45) is 0 Å². The van der Waals surface area contributed by atoms with Gasteiger partial charge in [-0.3, -0.25) is 9.69 Å². The fraction of sp³-hybridized carbons (Fsp3) is 0.176. The summed E-state index contributed by atoms with van der Waals surface area (Å²) in [5.74, 6) is 0.271. The van der Waals surface area contributed by atoms with Gasteiger partial charge in [-0.25, -0.2) is 4.79 Å². The summed E-state index contributed by atoms with van der Waals surface area (Å²) in [6.45, 7) is 0.836. The second-order valence-electron chi connectivity index (χ2n) is 4.98. The van der Waals surface area contributed by atoms with E-state index in [1.54, 1.807) is 24.3 Å². The fourth-order valence-corrected chi connectivity index (χ4v) is 2.48. The molecule has 1 aliphatic rings. The zero-order valence-corrected chi connectivity index (χ0v) is 11.9. The number of benzene rings is 2. The molecule has 2 amide bonds. The van der Waals surface area contributed by atoms with Crippen LogP contribution in [0.25, 0.3) is 0 Å². The van der Waals surface area contributed by atoms with Crippen LogP contribution in [0, 0.1) is 0 Å². The Labute approximate surface area is 128 Å². The Morgan fingerprint density at radius 2 is 1.68 bits per heavy atom. The molecule has 0 radical (unpaired) electrons. The van der Waals surface area contributed by atoms with E-state index in [2.05, 4.69) is 5.32 Å². The van der Waals surface area contributed by atoms with Crippen molar-refractivity contribution >= 4 is 12.0 Å². The fourth-order valence-electron chi connectivity index (χ4n) is 2.48. The summed E-state index contributed by atoms with van der Waals surface area (Å²) in [6, 6.07) is 17.4. The number of rotatable bonds is 2. The van der Waals surface area contributed by atoms with Crippen molar-refractivity contribution in [1.29, 1.82) is 0 Å². The largest absolute Gasteiger partial charge is 0.416 e. The Morgan fingerprint density at radius 3 is 2.36 bits per heavy atom. The lowest BCUT2D eigenvalue weighted by Crippen LogP contribution is -2.52. The van der Waals surface area contributed by atoms with Gasteiger partial charge >= 0.3 is 6.09 Å². The third kappa shape index (κ3) is 2.93. The summed E-state index contributed by atoms with van der Waals surface area (Å²) in [5.41, 5.74) is 0.768. The molecule has 1 saturated heterocycles. The first kappa shape index (κ1) is 14.1. The van der Waals surface area contributed by atoms with Gasteiger partial charge < -0.3 is 10.1 Å². The van der Waals surface area contributed by atoms with E-state index in [1.807, 2.05) is 36.4 Å². The molecule has 0 saturated carbocycles. The van der Waals surface area contributed by atoms with Crippen molar-refractivity contribution in [3.63, 3.8) is 0 Å². The van der Waals surface area contributed by atoms with Crippen LogP contribution in [-0.2, 0) is 4.79 Å². The predicted octanol–water partition coefficient (Wildman–Crippen LogP) is 2.36. The molecule has 1 unspecified atom stereocenters. The average Bonchev–Trinajstić information content (AvgIpc) is 2.56. The summed E-state index contributed by atoms with van der Waals surface area (Å²) in [7, 11) is 0. The highest BCUT2D eigenvalue weighted by Gasteiger charge is 2.35. The van der Waals surface area contributed by atoms with Gasteiger partial charge in [0.15, 0.2) is 0 Å². The van der Waals surface area contributed by atoms with Gasteiger partial charge in [-0.15, -0.1) is 0 Å². The standard InChI is InChI=1S/C17H16N2O3/c20-16-15(13-7-3-1-4-8-13)19(12-11-18-16)17(21)22-14-9-5-2-6-10-14/h1-10,15H,11-12H2,(H,18,20). The van der Waals surface area contributed by atoms with E-state index in [9.17, 15) is 9.59 Å². The summed E-state index contributed by atoms with van der Waals surface area (Å²) in [5, 5.41) is 2.79. The lowest BCUT2D eigenvalue weighted by Gasteiger charge is -2.34. The maximum absolute atomic E-state index is 12.4. The van der Waals surface area contributed by atoms with Gasteiger partial charge in [0.2, 0.25) is 5.91 Å². The molecule has 0 bridgehead atoms. The molecule has 0 aliphatic carbocycles. The lowest BCUT2D eigenvalue weighted by molar-refractivity contribution is -0.128. The second-order valence-corrected chi connectivity index (χ2v) is 4.98. The maximum Gasteiger partial charge on any atom is 0.416 e. The summed E-state index contributed by atoms with van der Waals surface area (Å²) < 4.78 is 5.36. The number of hydrogen-bond donors (Lipinski definition) is 1. The molecule has 1 N–H and O–H groups in total. The van der Waals surface area contributed by atoms with Gasteiger partial charge in [0.05, 0.1) is 0 Å². The van der Waals surface area contributed by atoms with Crippen LogP contribution in [0.5, 0.6) is 5.75 Å². The number of hydrogen-bond acceptors (Lipinski definition) is 3. The monoisotopic (exact) mass is 296 g/mol. The molecule has 0 spiro atoms. The molecule has 5 heteroatoms. The number of carbonyl (C=O) groups excluding carboxylic acids is 2. The van der Waals surface area contributed by atoms with E-state index in [1.165, 1.54) is 4.90 Å². The number of carbonyl (C=O) groups is 2. The first-order valence-corrected chi connectivity index (χ1v) is 7.12. The van der Waals surface area contributed by atoms with Crippen LogP contribution < -0.4 is 10.1 Å². The minimum absolute atomic E-state index is 0.192. The number of nitrogens with one attached hydrogen (secondary N) is 1. The number of para-hydroxylation sites is 1. The molecule has 1 heterocycles. The van der Waals surface area contributed by atoms with Crippen molar-refractivity contribution in [2.75, 3.05) is 13.1 Å². The highest BCUT2D eigenvalue weighted by Crippen LogP contribution is 2.24. The summed E-state index contributed by atoms with van der Waals surface area (Å²) >= 11 is 0. The molecule has 1 fully saturated rings. The van der Waals surface area contributed by atoms with Gasteiger partial charge in [0.25, 0.3) is 0 Å². The number of piperazine rings is 1. The smallest absolute Gasteiger partial charge is 0.410 e. The van der Waals surface area contributed by atoms with Gasteiger partial charge in [-0.2, -0.15) is 0 Å². The van der Waals surface area contributed by atoms with E-state index >= 15 is 0 Å². The predicted molar refractivity (Wildman–Crippen MR) is 81.4 cm³/mol. The molecule has 1 atom stereocenters. The van der Waals surface area contributed by atoms with Gasteiger partial charge in [-0.05, 0) is 17.7 Å². The van der Waals surface area contributed by atoms with Crippen LogP contribution in [0.1, 0.15) is 11.6 Å². The molecular weight excluding hydrogens is 280 g/mol. The summed E-state index contributed by atoms with van der Waals surface area (Å²) in [6.07, 6.45) is -0.519. The van der Waals surface area contributed by atoms with Crippen molar-refractivity contribution in [2.45, 2.75) is 6.04 Å². The topological polar surface area (TPSA) is 58.6 Å². The molecule has 22 heavy (non-hydrogen) atoms. The third-order valence-electron chi connectivity index (χ3n) is 3.51. The first-order valence-electron chi connectivity index (χ1n) is 7.12. The zero-order valence-electron chi connectivity index (χ0n) is 11.9. The number of nitrogens with zero attached hydrogens (tertiary/aromatic N) is 1. The molecule has 1 aliphatic heterocycles. The Bertz CT molecular complexity index is 658. The minimum atomic E-state index is -0.661. The van der Waals surface area contributed by atoms with Crippen LogP contribution >= 0.6 is 0 Å². The van der Waals surface area contributed by atoms with E-state index in [-0.39, 0.29) is 5.91 Å². The van der Waals surface area contributed by atoms with Crippen molar-refractivity contribution in [1.82, 2.24) is 10.2 Å². The zero-order chi connectivity index (χ0) is 15.4. The van der Waals surface area contributed by atoms with E-state index in [0.717, 1.165) is 5.56 Å². The highest BCUT2D eigenvalue weighted by atomic mass is 16.6. The minimum Gasteiger partial charge on any atom is -0.410 e. The van der Waals surface area contributed by atoms with Gasteiger partial charge in [0, 0.05) is 13.1 Å². The molecule has 5 nitrogen and oxygen atoms in total. The number of ether oxygens (including phenoxy) is 1. The summed E-state index contributed by atoms with van der Waals surface area (Å²) in [4.78, 5) is 26.1. The Balaban J connectivity index is 1.83. The van der Waals surface area contributed by atoms with Gasteiger partial charge in [-0.1, -0.05) is 48.5 Å². The molecular formula is C17H16N2O3. The Hall–Kier alpha value is -2.82. The first-order chi connectivity index (χ1) is 10.8. The van der Waals surface area contributed by atoms with Crippen LogP contribution in [-0.4, -0.2) is 30.0 Å². The van der Waals surface area contributed by atoms with Crippen LogP contribution in [0.2, 0.25) is 0 Å². The Kier molecular flexibility index (Phi) is 4.05. The maximum atomic E-state index is 12.4. The van der Waals surface area contributed by atoms with Crippen LogP contribution in [0.15, 0.2) is 60.7 Å². The molecule has 0 aromatic heterocycles. The van der Waals surface area contributed by atoms with Crippen LogP contribution in [0.3, 0.4) is 0 Å². The molecule has 3 rings (SSSR count). The Morgan fingerprint density at radius 1 is 1.05 bits per heavy atom. The van der Waals surface area contributed by atoms with Crippen LogP contribution in [0.4, 0.5) is 4.79 Å². The average molecular weight is 296 g/mol. The second kappa shape index (κ2) is 6.30. The van der Waals surface area contributed by atoms with E-state index < -0.39 is 12.1 Å². The van der Waals surface area contributed by atoms with Gasteiger partial charge in [0.1, 0.15) is 11.8 Å². The normalized spacial score (nSPS) is 17.7. The van der Waals surface area contributed by atoms with E-state index in [4.69, 9.17) is 4.74 Å². The number of amides is 2. The van der Waals surface area contributed by atoms with Crippen molar-refractivity contribution < 1.29 is 14.3 Å². The molecule has 2 aromatic carbocycles. The molecule has 2 aromatic rings. The highest BCUT2D eigenvalue weighted by molar-refractivity contribution is 5.88. The molecule has 112 valence electrons. The quantitative estimate of drug-likeness (QED) is 0.925. The van der Waals surface area contributed by atoms with Crippen molar-refractivity contribution in [3.05, 3.63) is 66.2 Å². The lowest BCUT2D eigenvalue weighted by atomic mass is 10.0. The van der Waals surface area contributed by atoms with Crippen molar-refractivity contribution in [3.8, 4) is 5.75 Å². The van der Waals surface area contributed by atoms with E-state index in [0.29, 0.717) is 18.8 Å². The third-order valence-corrected chi connectivity index (χ3v) is 3.51. The SMILES string of the molecule is O=C1NCCN(C(=O)Oc2ccccc2)C1c1ccccc1.